The monoisotopic (exact) mass is 406 g/mol. The quantitative estimate of drug-likeness (QED) is 0.779. The molecule has 154 valence electrons. The van der Waals surface area contributed by atoms with Gasteiger partial charge in [-0.05, 0) is 18.2 Å². The van der Waals surface area contributed by atoms with Gasteiger partial charge in [0.25, 0.3) is 6.43 Å². The maximum absolute atomic E-state index is 13.3. The third-order valence-electron chi connectivity index (χ3n) is 5.00. The Labute approximate surface area is 165 Å². The van der Waals surface area contributed by atoms with Crippen LogP contribution in [0, 0.1) is 0 Å². The molecule has 9 nitrogen and oxygen atoms in total. The highest BCUT2D eigenvalue weighted by Gasteiger charge is 2.42. The van der Waals surface area contributed by atoms with Crippen LogP contribution in [0.25, 0.3) is 11.4 Å². The number of aromatic nitrogens is 2. The molecule has 1 fully saturated rings. The molecular formula is C18H20F2N6O3. The number of cyclic esters (lactones) is 1. The molecule has 4 rings (SSSR count). The van der Waals surface area contributed by atoms with E-state index in [-0.39, 0.29) is 19.0 Å². The Morgan fingerprint density at radius 1 is 1.41 bits per heavy atom. The number of imidazole rings is 1. The second kappa shape index (κ2) is 7.22. The van der Waals surface area contributed by atoms with Crippen LogP contribution in [0.15, 0.2) is 24.4 Å². The van der Waals surface area contributed by atoms with Crippen molar-refractivity contribution in [2.24, 2.45) is 5.73 Å². The summed E-state index contributed by atoms with van der Waals surface area (Å²) in [6, 6.07) is 4.12. The van der Waals surface area contributed by atoms with E-state index >= 15 is 0 Å². The van der Waals surface area contributed by atoms with E-state index in [0.29, 0.717) is 18.9 Å². The minimum absolute atomic E-state index is 0.00731. The number of nitrogens with zero attached hydrogens (tertiary/aromatic N) is 4. The summed E-state index contributed by atoms with van der Waals surface area (Å²) in [5, 5.41) is 2.95. The van der Waals surface area contributed by atoms with Crippen molar-refractivity contribution in [2.75, 3.05) is 41.9 Å². The first kappa shape index (κ1) is 19.0. The number of carbonyl (C=O) groups excluding carboxylic acids is 2. The summed E-state index contributed by atoms with van der Waals surface area (Å²) < 4.78 is 33.3. The number of nitrogens with one attached hydrogen (secondary N) is 1. The van der Waals surface area contributed by atoms with E-state index in [1.54, 1.807) is 12.3 Å². The molecule has 2 aliphatic heterocycles. The summed E-state index contributed by atoms with van der Waals surface area (Å²) in [5.41, 5.74) is 7.53. The number of primary amides is 1. The number of ether oxygens (including phenoxy) is 1. The molecule has 1 atom stereocenters. The Hall–Kier alpha value is -3.37. The van der Waals surface area contributed by atoms with E-state index in [9.17, 15) is 18.4 Å². The van der Waals surface area contributed by atoms with Crippen LogP contribution < -0.4 is 20.9 Å². The zero-order chi connectivity index (χ0) is 20.7. The number of amides is 2. The van der Waals surface area contributed by atoms with Crippen molar-refractivity contribution in [1.82, 2.24) is 9.55 Å². The summed E-state index contributed by atoms with van der Waals surface area (Å²) in [6.45, 7) is 0.831. The number of hydrogen-bond acceptors (Lipinski definition) is 6. The van der Waals surface area contributed by atoms with Crippen molar-refractivity contribution < 1.29 is 23.1 Å². The lowest BCUT2D eigenvalue weighted by Gasteiger charge is -2.20. The number of alkyl halides is 2. The van der Waals surface area contributed by atoms with Gasteiger partial charge in [0.2, 0.25) is 5.91 Å². The number of anilines is 3. The summed E-state index contributed by atoms with van der Waals surface area (Å²) in [5.74, 6) is 0.229. The van der Waals surface area contributed by atoms with E-state index in [2.05, 4.69) is 10.3 Å². The molecule has 0 radical (unpaired) electrons. The molecule has 0 aliphatic carbocycles. The minimum atomic E-state index is -2.74. The summed E-state index contributed by atoms with van der Waals surface area (Å²) in [6.07, 6.45) is -1.97. The highest BCUT2D eigenvalue weighted by Crippen LogP contribution is 2.37. The van der Waals surface area contributed by atoms with Gasteiger partial charge in [-0.25, -0.2) is 23.5 Å². The molecule has 29 heavy (non-hydrogen) atoms. The number of fused-ring (bicyclic) bond motifs is 3. The zero-order valence-corrected chi connectivity index (χ0v) is 15.6. The van der Waals surface area contributed by atoms with E-state index in [1.165, 1.54) is 0 Å². The van der Waals surface area contributed by atoms with Crippen molar-refractivity contribution in [3.63, 3.8) is 0 Å². The average molecular weight is 406 g/mol. The number of nitrogens with two attached hydrogens (primary N) is 1. The molecule has 2 aromatic rings. The van der Waals surface area contributed by atoms with Gasteiger partial charge in [-0.3, -0.25) is 4.79 Å². The number of hydrogen-bond donors (Lipinski definition) is 2. The van der Waals surface area contributed by atoms with Crippen molar-refractivity contribution in [3.05, 3.63) is 24.4 Å². The maximum atomic E-state index is 13.3. The summed E-state index contributed by atoms with van der Waals surface area (Å²) >= 11 is 0. The zero-order valence-electron chi connectivity index (χ0n) is 15.6. The van der Waals surface area contributed by atoms with Crippen LogP contribution >= 0.6 is 0 Å². The summed E-state index contributed by atoms with van der Waals surface area (Å²) in [7, 11) is 1.93. The Kier molecular flexibility index (Phi) is 4.73. The fourth-order valence-electron chi connectivity index (χ4n) is 3.50. The van der Waals surface area contributed by atoms with Crippen LogP contribution in [0.2, 0.25) is 0 Å². The maximum Gasteiger partial charge on any atom is 0.416 e. The Morgan fingerprint density at radius 3 is 2.93 bits per heavy atom. The third kappa shape index (κ3) is 3.43. The van der Waals surface area contributed by atoms with Gasteiger partial charge in [0, 0.05) is 43.3 Å². The van der Waals surface area contributed by atoms with Gasteiger partial charge in [-0.15, -0.1) is 0 Å². The van der Waals surface area contributed by atoms with Crippen LogP contribution in [0.4, 0.5) is 30.8 Å². The van der Waals surface area contributed by atoms with Gasteiger partial charge in [-0.1, -0.05) is 0 Å². The third-order valence-corrected chi connectivity index (χ3v) is 5.00. The van der Waals surface area contributed by atoms with Crippen LogP contribution in [0.5, 0.6) is 0 Å². The van der Waals surface area contributed by atoms with Crippen molar-refractivity contribution in [1.29, 1.82) is 0 Å². The van der Waals surface area contributed by atoms with Gasteiger partial charge >= 0.3 is 6.09 Å². The normalized spacial score (nSPS) is 18.3. The lowest BCUT2D eigenvalue weighted by atomic mass is 10.1. The topological polar surface area (TPSA) is 106 Å². The van der Waals surface area contributed by atoms with Gasteiger partial charge in [0.15, 0.2) is 5.82 Å². The van der Waals surface area contributed by atoms with Crippen molar-refractivity contribution in [3.8, 4) is 11.4 Å². The Morgan fingerprint density at radius 2 is 2.21 bits per heavy atom. The lowest BCUT2D eigenvalue weighted by molar-refractivity contribution is -0.116. The number of rotatable bonds is 5. The van der Waals surface area contributed by atoms with E-state index in [0.717, 1.165) is 21.8 Å². The Bertz CT molecular complexity index is 963. The van der Waals surface area contributed by atoms with Crippen LogP contribution in [0.1, 0.15) is 0 Å². The van der Waals surface area contributed by atoms with Gasteiger partial charge in [0.05, 0.1) is 6.54 Å². The molecular weight excluding hydrogens is 386 g/mol. The largest absolute Gasteiger partial charge is 0.447 e. The van der Waals surface area contributed by atoms with Crippen LogP contribution in [0.3, 0.4) is 0 Å². The molecule has 1 aromatic carbocycles. The second-order valence-electron chi connectivity index (χ2n) is 6.94. The van der Waals surface area contributed by atoms with Crippen LogP contribution in [-0.4, -0.2) is 60.8 Å². The molecule has 3 heterocycles. The predicted octanol–water partition coefficient (Wildman–Crippen LogP) is 1.49. The first-order chi connectivity index (χ1) is 13.8. The number of halogens is 2. The first-order valence-electron chi connectivity index (χ1n) is 9.04. The SMILES string of the molecule is CN1CCn2cc(N3C(=O)OCC3C(F)F)nc2-c2ccc(NCC(N)=O)cc21. The number of benzene rings is 1. The molecule has 2 amide bonds. The van der Waals surface area contributed by atoms with E-state index in [4.69, 9.17) is 10.5 Å². The molecule has 11 heteroatoms. The Balaban J connectivity index is 1.72. The number of likely N-dealkylation sites (N-methyl/N-ethyl adjacent to an activating group) is 1. The highest BCUT2D eigenvalue weighted by molar-refractivity contribution is 5.90. The smallest absolute Gasteiger partial charge is 0.416 e. The fourth-order valence-corrected chi connectivity index (χ4v) is 3.50. The van der Waals surface area contributed by atoms with Crippen molar-refractivity contribution in [2.45, 2.75) is 19.0 Å². The second-order valence-corrected chi connectivity index (χ2v) is 6.94. The molecule has 1 aromatic heterocycles. The van der Waals surface area contributed by atoms with Gasteiger partial charge in [0.1, 0.15) is 18.5 Å². The number of carbonyl (C=O) groups is 2. The molecule has 0 saturated carbocycles. The van der Waals surface area contributed by atoms with E-state index < -0.39 is 24.5 Å². The highest BCUT2D eigenvalue weighted by atomic mass is 19.3. The molecule has 3 N–H and O–H groups in total. The molecule has 1 unspecified atom stereocenters. The molecule has 0 spiro atoms. The van der Waals surface area contributed by atoms with Crippen molar-refractivity contribution >= 4 is 29.2 Å². The minimum Gasteiger partial charge on any atom is -0.447 e. The predicted molar refractivity (Wildman–Crippen MR) is 102 cm³/mol. The van der Waals surface area contributed by atoms with Gasteiger partial charge < -0.3 is 25.3 Å². The van der Waals surface area contributed by atoms with E-state index in [1.807, 2.05) is 28.6 Å². The first-order valence-corrected chi connectivity index (χ1v) is 9.04. The standard InChI is InChI=1S/C18H20F2N6O3/c1-24-4-5-25-8-15(26-13(16(19)20)9-29-18(26)28)23-17(25)11-3-2-10(6-12(11)24)22-7-14(21)27/h2-3,6,8,13,16,22H,4-5,7,9H2,1H3,(H2,21,27). The van der Waals surface area contributed by atoms with Gasteiger partial charge in [-0.2, -0.15) is 0 Å². The molecule has 0 bridgehead atoms. The average Bonchev–Trinajstić information content (AvgIpc) is 3.24. The molecule has 1 saturated heterocycles. The fraction of sp³-hybridized carbons (Fsp3) is 0.389. The molecule has 2 aliphatic rings. The van der Waals surface area contributed by atoms with Crippen LogP contribution in [-0.2, 0) is 16.1 Å². The lowest BCUT2D eigenvalue weighted by Crippen LogP contribution is -2.38. The summed E-state index contributed by atoms with van der Waals surface area (Å²) in [4.78, 5) is 30.5.